The fourth-order valence-electron chi connectivity index (χ4n) is 1.31. The maximum absolute atomic E-state index is 11.5. The second-order valence-corrected chi connectivity index (χ2v) is 4.46. The fraction of sp³-hybridized carbons (Fsp3) is 0.444. The van der Waals surface area contributed by atoms with Crippen LogP contribution in [0.5, 0.6) is 0 Å². The number of anilines is 2. The van der Waals surface area contributed by atoms with E-state index in [0.717, 1.165) is 17.5 Å². The SMILES string of the molecule is CCCCC(=O)Nc1nc2[nH]nc(N)c2s1. The molecule has 0 aromatic carbocycles. The number of hydrogen-bond donors (Lipinski definition) is 3. The average Bonchev–Trinajstić information content (AvgIpc) is 2.78. The molecule has 4 N–H and O–H groups in total. The lowest BCUT2D eigenvalue weighted by molar-refractivity contribution is -0.116. The summed E-state index contributed by atoms with van der Waals surface area (Å²) in [4.78, 5) is 15.6. The highest BCUT2D eigenvalue weighted by molar-refractivity contribution is 7.22. The Labute approximate surface area is 96.2 Å². The van der Waals surface area contributed by atoms with Crippen molar-refractivity contribution in [2.45, 2.75) is 26.2 Å². The topological polar surface area (TPSA) is 96.7 Å². The van der Waals surface area contributed by atoms with Crippen LogP contribution in [0.2, 0.25) is 0 Å². The third-order valence-corrected chi connectivity index (χ3v) is 3.14. The molecule has 6 nitrogen and oxygen atoms in total. The summed E-state index contributed by atoms with van der Waals surface area (Å²) < 4.78 is 0.783. The van der Waals surface area contributed by atoms with Crippen LogP contribution in [-0.4, -0.2) is 21.1 Å². The first kappa shape index (κ1) is 10.9. The highest BCUT2D eigenvalue weighted by Gasteiger charge is 2.11. The minimum Gasteiger partial charge on any atom is -0.381 e. The number of nitrogens with two attached hydrogens (primary N) is 1. The predicted molar refractivity (Wildman–Crippen MR) is 64.3 cm³/mol. The zero-order valence-corrected chi connectivity index (χ0v) is 9.73. The average molecular weight is 239 g/mol. The first-order valence-electron chi connectivity index (χ1n) is 5.11. The van der Waals surface area contributed by atoms with Gasteiger partial charge in [0, 0.05) is 6.42 Å². The van der Waals surface area contributed by atoms with E-state index < -0.39 is 0 Å². The van der Waals surface area contributed by atoms with E-state index in [1.54, 1.807) is 0 Å². The number of carbonyl (C=O) groups is 1. The molecule has 16 heavy (non-hydrogen) atoms. The Bertz CT molecular complexity index is 503. The molecule has 0 unspecified atom stereocenters. The van der Waals surface area contributed by atoms with Crippen LogP contribution in [0.3, 0.4) is 0 Å². The van der Waals surface area contributed by atoms with Gasteiger partial charge in [-0.15, -0.1) is 0 Å². The number of amides is 1. The van der Waals surface area contributed by atoms with E-state index >= 15 is 0 Å². The standard InChI is InChI=1S/C9H13N5OS/c1-2-3-4-5(15)11-9-12-8-6(16-9)7(10)13-14-8/h2-4H2,1H3,(H4,10,11,12,13,14,15). The summed E-state index contributed by atoms with van der Waals surface area (Å²) in [5, 5.41) is 9.82. The highest BCUT2D eigenvalue weighted by Crippen LogP contribution is 2.28. The van der Waals surface area contributed by atoms with E-state index in [1.807, 2.05) is 6.92 Å². The number of unbranched alkanes of at least 4 members (excludes halogenated alkanes) is 1. The number of fused-ring (bicyclic) bond motifs is 1. The van der Waals surface area contributed by atoms with Crippen molar-refractivity contribution in [2.75, 3.05) is 11.1 Å². The van der Waals surface area contributed by atoms with Gasteiger partial charge in [0.25, 0.3) is 0 Å². The Balaban J connectivity index is 2.06. The van der Waals surface area contributed by atoms with Gasteiger partial charge in [-0.1, -0.05) is 24.7 Å². The maximum Gasteiger partial charge on any atom is 0.226 e. The van der Waals surface area contributed by atoms with Crippen LogP contribution < -0.4 is 11.1 Å². The number of aromatic nitrogens is 3. The molecular formula is C9H13N5OS. The van der Waals surface area contributed by atoms with Crippen LogP contribution in [0.15, 0.2) is 0 Å². The smallest absolute Gasteiger partial charge is 0.226 e. The molecule has 1 amide bonds. The molecular weight excluding hydrogens is 226 g/mol. The quantitative estimate of drug-likeness (QED) is 0.757. The van der Waals surface area contributed by atoms with E-state index in [9.17, 15) is 4.79 Å². The number of nitrogens with one attached hydrogen (secondary N) is 2. The first-order valence-corrected chi connectivity index (χ1v) is 5.92. The molecule has 2 heterocycles. The second-order valence-electron chi connectivity index (χ2n) is 3.46. The van der Waals surface area contributed by atoms with Gasteiger partial charge in [-0.2, -0.15) is 5.10 Å². The molecule has 86 valence electrons. The van der Waals surface area contributed by atoms with Crippen molar-refractivity contribution in [3.05, 3.63) is 0 Å². The minimum atomic E-state index is -0.00946. The first-order chi connectivity index (χ1) is 7.70. The van der Waals surface area contributed by atoms with Crippen molar-refractivity contribution in [1.29, 1.82) is 0 Å². The molecule has 0 radical (unpaired) electrons. The third kappa shape index (κ3) is 2.13. The fourth-order valence-corrected chi connectivity index (χ4v) is 2.14. The van der Waals surface area contributed by atoms with Crippen LogP contribution >= 0.6 is 11.3 Å². The van der Waals surface area contributed by atoms with Gasteiger partial charge in [0.05, 0.1) is 0 Å². The summed E-state index contributed by atoms with van der Waals surface area (Å²) in [7, 11) is 0. The van der Waals surface area contributed by atoms with Crippen LogP contribution in [0.4, 0.5) is 10.9 Å². The Morgan fingerprint density at radius 1 is 1.62 bits per heavy atom. The summed E-state index contributed by atoms with van der Waals surface area (Å²) >= 11 is 1.33. The van der Waals surface area contributed by atoms with Gasteiger partial charge in [-0.25, -0.2) is 4.98 Å². The Hall–Kier alpha value is -1.63. The number of carbonyl (C=O) groups excluding carboxylic acids is 1. The molecule has 0 spiro atoms. The van der Waals surface area contributed by atoms with Gasteiger partial charge >= 0.3 is 0 Å². The summed E-state index contributed by atoms with van der Waals surface area (Å²) in [6.45, 7) is 2.05. The molecule has 2 rings (SSSR count). The van der Waals surface area contributed by atoms with E-state index in [2.05, 4.69) is 20.5 Å². The number of nitrogens with zero attached hydrogens (tertiary/aromatic N) is 2. The second kappa shape index (κ2) is 4.48. The van der Waals surface area contributed by atoms with Gasteiger partial charge < -0.3 is 11.1 Å². The molecule has 2 aromatic rings. The molecule has 0 aliphatic rings. The Morgan fingerprint density at radius 3 is 3.12 bits per heavy atom. The summed E-state index contributed by atoms with van der Waals surface area (Å²) in [6.07, 6.45) is 2.42. The van der Waals surface area contributed by atoms with Crippen molar-refractivity contribution in [3.8, 4) is 0 Å². The minimum absolute atomic E-state index is 0.00946. The van der Waals surface area contributed by atoms with E-state index in [0.29, 0.717) is 23.0 Å². The zero-order chi connectivity index (χ0) is 11.5. The molecule has 0 fully saturated rings. The van der Waals surface area contributed by atoms with Crippen molar-refractivity contribution in [3.63, 3.8) is 0 Å². The van der Waals surface area contributed by atoms with Gasteiger partial charge in [0.2, 0.25) is 5.91 Å². The normalized spacial score (nSPS) is 10.8. The van der Waals surface area contributed by atoms with Crippen molar-refractivity contribution < 1.29 is 4.79 Å². The number of rotatable bonds is 4. The van der Waals surface area contributed by atoms with E-state index in [4.69, 9.17) is 5.73 Å². The monoisotopic (exact) mass is 239 g/mol. The number of thiazole rings is 1. The molecule has 2 aromatic heterocycles. The lowest BCUT2D eigenvalue weighted by Gasteiger charge is -1.98. The van der Waals surface area contributed by atoms with Crippen molar-refractivity contribution in [2.24, 2.45) is 0 Å². The molecule has 0 saturated heterocycles. The molecule has 0 atom stereocenters. The van der Waals surface area contributed by atoms with E-state index in [1.165, 1.54) is 11.3 Å². The lowest BCUT2D eigenvalue weighted by atomic mass is 10.2. The van der Waals surface area contributed by atoms with E-state index in [-0.39, 0.29) is 5.91 Å². The van der Waals surface area contributed by atoms with Gasteiger partial charge in [-0.05, 0) is 6.42 Å². The Morgan fingerprint density at radius 2 is 2.44 bits per heavy atom. The molecule has 0 aliphatic carbocycles. The Kier molecular flexibility index (Phi) is 3.04. The number of nitrogen functional groups attached to an aromatic ring is 1. The maximum atomic E-state index is 11.5. The molecule has 0 bridgehead atoms. The zero-order valence-electron chi connectivity index (χ0n) is 8.91. The summed E-state index contributed by atoms with van der Waals surface area (Å²) in [6, 6.07) is 0. The van der Waals surface area contributed by atoms with Gasteiger partial charge in [-0.3, -0.25) is 9.89 Å². The highest BCUT2D eigenvalue weighted by atomic mass is 32.1. The predicted octanol–water partition coefficient (Wildman–Crippen LogP) is 1.73. The summed E-state index contributed by atoms with van der Waals surface area (Å²) in [5.74, 6) is 0.409. The number of aromatic amines is 1. The summed E-state index contributed by atoms with van der Waals surface area (Å²) in [5.41, 5.74) is 6.23. The van der Waals surface area contributed by atoms with Crippen LogP contribution in [-0.2, 0) is 4.79 Å². The van der Waals surface area contributed by atoms with Crippen LogP contribution in [0.1, 0.15) is 26.2 Å². The molecule has 0 aliphatic heterocycles. The number of H-pyrrole nitrogens is 1. The molecule has 7 heteroatoms. The van der Waals surface area contributed by atoms with Crippen molar-refractivity contribution in [1.82, 2.24) is 15.2 Å². The lowest BCUT2D eigenvalue weighted by Crippen LogP contribution is -2.10. The van der Waals surface area contributed by atoms with Crippen LogP contribution in [0.25, 0.3) is 10.3 Å². The number of hydrogen-bond acceptors (Lipinski definition) is 5. The van der Waals surface area contributed by atoms with Crippen molar-refractivity contribution >= 4 is 38.5 Å². The van der Waals surface area contributed by atoms with Gasteiger partial charge in [0.1, 0.15) is 4.70 Å². The largest absolute Gasteiger partial charge is 0.381 e. The third-order valence-electron chi connectivity index (χ3n) is 2.15. The van der Waals surface area contributed by atoms with Crippen LogP contribution in [0, 0.1) is 0 Å². The van der Waals surface area contributed by atoms with Gasteiger partial charge in [0.15, 0.2) is 16.6 Å². The molecule has 0 saturated carbocycles.